The second-order valence-corrected chi connectivity index (χ2v) is 6.91. The van der Waals surface area contributed by atoms with Gasteiger partial charge < -0.3 is 25.1 Å². The number of aromatic nitrogens is 2. The van der Waals surface area contributed by atoms with Gasteiger partial charge in [0.15, 0.2) is 0 Å². The van der Waals surface area contributed by atoms with Gasteiger partial charge in [-0.15, -0.1) is 24.8 Å². The number of amides is 1. The van der Waals surface area contributed by atoms with Crippen LogP contribution >= 0.6 is 24.8 Å². The van der Waals surface area contributed by atoms with Crippen LogP contribution in [-0.4, -0.2) is 47.6 Å². The Balaban J connectivity index is 0.00000171. The quantitative estimate of drug-likeness (QED) is 0.582. The molecule has 9 heteroatoms. The number of nitrogens with one attached hydrogen (secondary N) is 1. The summed E-state index contributed by atoms with van der Waals surface area (Å²) in [5.41, 5.74) is 9.15. The summed E-state index contributed by atoms with van der Waals surface area (Å²) in [4.78, 5) is 23.0. The van der Waals surface area contributed by atoms with Crippen LogP contribution in [0.2, 0.25) is 0 Å². The minimum atomic E-state index is -0.0964. The molecule has 0 radical (unpaired) electrons. The van der Waals surface area contributed by atoms with Crippen LogP contribution in [0.1, 0.15) is 33.2 Å². The molecule has 0 fully saturated rings. The number of nitrogens with two attached hydrogens (primary N) is 1. The number of fused-ring (bicyclic) bond motifs is 1. The number of nitrogens with zero attached hydrogens (tertiary/aromatic N) is 2. The molecule has 2 aromatic carbocycles. The third kappa shape index (κ3) is 5.12. The smallest absolute Gasteiger partial charge is 0.258 e. The summed E-state index contributed by atoms with van der Waals surface area (Å²) in [7, 11) is 1.58. The molecule has 1 amide bonds. The Hall–Kier alpha value is -2.74. The monoisotopic (exact) mass is 464 g/mol. The van der Waals surface area contributed by atoms with Gasteiger partial charge >= 0.3 is 0 Å². The fraction of sp³-hybridized carbons (Fsp3) is 0.273. The van der Waals surface area contributed by atoms with Crippen molar-refractivity contribution in [1.29, 1.82) is 0 Å². The van der Waals surface area contributed by atoms with Gasteiger partial charge in [-0.1, -0.05) is 30.3 Å². The van der Waals surface area contributed by atoms with Crippen LogP contribution in [0.15, 0.2) is 54.9 Å². The van der Waals surface area contributed by atoms with E-state index in [1.165, 1.54) is 0 Å². The Morgan fingerprint density at radius 3 is 2.71 bits per heavy atom. The molecule has 1 atom stereocenters. The molecule has 0 saturated heterocycles. The second-order valence-electron chi connectivity index (χ2n) is 6.91. The zero-order chi connectivity index (χ0) is 20.2. The Morgan fingerprint density at radius 2 is 2.00 bits per heavy atom. The third-order valence-electron chi connectivity index (χ3n) is 5.12. The van der Waals surface area contributed by atoms with Gasteiger partial charge in [-0.25, -0.2) is 4.98 Å². The second kappa shape index (κ2) is 11.0. The van der Waals surface area contributed by atoms with E-state index in [0.29, 0.717) is 43.3 Å². The number of rotatable bonds is 6. The number of carbonyl (C=O) groups excluding carboxylic acids is 1. The molecule has 1 aliphatic rings. The van der Waals surface area contributed by atoms with Crippen molar-refractivity contribution in [2.75, 3.05) is 26.8 Å². The molecule has 3 N–H and O–H groups in total. The molecule has 2 heterocycles. The molecule has 0 aliphatic carbocycles. The van der Waals surface area contributed by atoms with Crippen molar-refractivity contribution in [3.63, 3.8) is 0 Å². The van der Waals surface area contributed by atoms with Crippen LogP contribution in [-0.2, 0) is 6.54 Å². The number of carbonyl (C=O) groups is 1. The lowest BCUT2D eigenvalue weighted by molar-refractivity contribution is 0.0717. The highest BCUT2D eigenvalue weighted by molar-refractivity contribution is 5.97. The lowest BCUT2D eigenvalue weighted by atomic mass is 9.90. The van der Waals surface area contributed by atoms with E-state index in [2.05, 4.69) is 22.1 Å². The molecule has 1 unspecified atom stereocenters. The highest BCUT2D eigenvalue weighted by Gasteiger charge is 2.32. The molecule has 0 spiro atoms. The Morgan fingerprint density at radius 1 is 1.23 bits per heavy atom. The number of benzene rings is 2. The molecular formula is C22H26Cl2N4O3. The molecule has 0 saturated carbocycles. The van der Waals surface area contributed by atoms with Crippen molar-refractivity contribution in [3.05, 3.63) is 77.4 Å². The van der Waals surface area contributed by atoms with E-state index in [-0.39, 0.29) is 36.6 Å². The van der Waals surface area contributed by atoms with Gasteiger partial charge in [0.05, 0.1) is 36.9 Å². The van der Waals surface area contributed by atoms with Gasteiger partial charge in [0.2, 0.25) is 0 Å². The highest BCUT2D eigenvalue weighted by atomic mass is 35.5. The normalized spacial score (nSPS) is 14.6. The number of methoxy groups -OCH3 is 1. The van der Waals surface area contributed by atoms with E-state index in [9.17, 15) is 4.79 Å². The van der Waals surface area contributed by atoms with E-state index >= 15 is 0 Å². The summed E-state index contributed by atoms with van der Waals surface area (Å²) in [5, 5.41) is 0. The fourth-order valence-corrected chi connectivity index (χ4v) is 3.69. The lowest BCUT2D eigenvalue weighted by Gasteiger charge is -2.32. The zero-order valence-corrected chi connectivity index (χ0v) is 18.7. The number of halogens is 2. The first-order chi connectivity index (χ1) is 14.2. The summed E-state index contributed by atoms with van der Waals surface area (Å²) in [5.74, 6) is 1.03. The van der Waals surface area contributed by atoms with Gasteiger partial charge in [-0.05, 0) is 17.7 Å². The van der Waals surface area contributed by atoms with Crippen molar-refractivity contribution < 1.29 is 14.3 Å². The van der Waals surface area contributed by atoms with Crippen LogP contribution in [0.5, 0.6) is 11.5 Å². The maximum atomic E-state index is 13.4. The molecule has 3 aromatic rings. The number of hydrogen-bond donors (Lipinski definition) is 2. The maximum Gasteiger partial charge on any atom is 0.258 e. The average molecular weight is 465 g/mol. The minimum Gasteiger partial charge on any atom is -0.497 e. The van der Waals surface area contributed by atoms with Crippen molar-refractivity contribution in [3.8, 4) is 11.5 Å². The molecule has 4 rings (SSSR count). The van der Waals surface area contributed by atoms with Gasteiger partial charge in [0.25, 0.3) is 5.91 Å². The molecule has 31 heavy (non-hydrogen) atoms. The zero-order valence-electron chi connectivity index (χ0n) is 17.1. The third-order valence-corrected chi connectivity index (χ3v) is 5.12. The number of H-pyrrole nitrogens is 1. The summed E-state index contributed by atoms with van der Waals surface area (Å²) in [6.07, 6.45) is 1.69. The maximum absolute atomic E-state index is 13.4. The number of ether oxygens (including phenoxy) is 2. The van der Waals surface area contributed by atoms with Gasteiger partial charge in [-0.3, -0.25) is 4.79 Å². The Kier molecular flexibility index (Phi) is 8.74. The summed E-state index contributed by atoms with van der Waals surface area (Å²) >= 11 is 0. The topological polar surface area (TPSA) is 93.5 Å². The predicted octanol–water partition coefficient (Wildman–Crippen LogP) is 3.39. The van der Waals surface area contributed by atoms with Crippen molar-refractivity contribution in [2.24, 2.45) is 5.73 Å². The van der Waals surface area contributed by atoms with Crippen LogP contribution in [0.25, 0.3) is 0 Å². The van der Waals surface area contributed by atoms with Crippen molar-refractivity contribution in [1.82, 2.24) is 14.9 Å². The van der Waals surface area contributed by atoms with E-state index < -0.39 is 0 Å². The standard InChI is InChI=1S/C22H24N4O3.2ClH/c1-28-16-7-8-17(20(11-16)29-10-9-23)22(27)26-12-18(15-5-3-2-4-6-15)21-19(13-26)24-14-25-21;;/h2-8,11,14,18H,9-10,12-13,23H2,1H3,(H,24,25);2*1H. The lowest BCUT2D eigenvalue weighted by Crippen LogP contribution is -2.39. The van der Waals surface area contributed by atoms with Gasteiger partial charge in [0, 0.05) is 25.1 Å². The van der Waals surface area contributed by atoms with Crippen molar-refractivity contribution >= 4 is 30.7 Å². The fourth-order valence-electron chi connectivity index (χ4n) is 3.69. The van der Waals surface area contributed by atoms with Crippen LogP contribution in [0.4, 0.5) is 0 Å². The number of hydrogen-bond acceptors (Lipinski definition) is 5. The average Bonchev–Trinajstić information content (AvgIpc) is 3.25. The SMILES string of the molecule is COc1ccc(C(=O)N2Cc3[nH]cnc3C(c3ccccc3)C2)c(OCCN)c1.Cl.Cl. The first-order valence-electron chi connectivity index (χ1n) is 9.58. The molecule has 1 aromatic heterocycles. The molecular weight excluding hydrogens is 439 g/mol. The summed E-state index contributed by atoms with van der Waals surface area (Å²) < 4.78 is 11.0. The van der Waals surface area contributed by atoms with E-state index in [0.717, 1.165) is 17.0 Å². The molecule has 166 valence electrons. The van der Waals surface area contributed by atoms with Crippen LogP contribution < -0.4 is 15.2 Å². The largest absolute Gasteiger partial charge is 0.497 e. The first kappa shape index (κ1) is 24.5. The highest BCUT2D eigenvalue weighted by Crippen LogP contribution is 2.34. The predicted molar refractivity (Wildman–Crippen MR) is 124 cm³/mol. The van der Waals surface area contributed by atoms with Gasteiger partial charge in [0.1, 0.15) is 18.1 Å². The first-order valence-corrected chi connectivity index (χ1v) is 9.58. The Labute approximate surface area is 193 Å². The van der Waals surface area contributed by atoms with E-state index in [1.54, 1.807) is 31.6 Å². The van der Waals surface area contributed by atoms with Crippen molar-refractivity contribution in [2.45, 2.75) is 12.5 Å². The van der Waals surface area contributed by atoms with E-state index in [1.807, 2.05) is 23.1 Å². The van der Waals surface area contributed by atoms with Crippen LogP contribution in [0.3, 0.4) is 0 Å². The van der Waals surface area contributed by atoms with Gasteiger partial charge in [-0.2, -0.15) is 0 Å². The van der Waals surface area contributed by atoms with Crippen LogP contribution in [0, 0.1) is 0 Å². The minimum absolute atomic E-state index is 0. The Bertz CT molecular complexity index is 997. The number of imidazole rings is 1. The summed E-state index contributed by atoms with van der Waals surface area (Å²) in [6, 6.07) is 15.4. The molecule has 0 bridgehead atoms. The number of aromatic amines is 1. The van der Waals surface area contributed by atoms with E-state index in [4.69, 9.17) is 15.2 Å². The molecule has 7 nitrogen and oxygen atoms in total. The molecule has 1 aliphatic heterocycles. The summed E-state index contributed by atoms with van der Waals surface area (Å²) in [6.45, 7) is 1.70.